The summed E-state index contributed by atoms with van der Waals surface area (Å²) in [5.41, 5.74) is 13.2. The average Bonchev–Trinajstić information content (AvgIpc) is 2.51. The molecular weight excluding hydrogens is 168 g/mol. The van der Waals surface area contributed by atoms with Crippen LogP contribution in [-0.2, 0) is 18.0 Å². The van der Waals surface area contributed by atoms with Gasteiger partial charge < -0.3 is 16.2 Å². The van der Waals surface area contributed by atoms with Crippen LogP contribution in [0.2, 0.25) is 0 Å². The quantitative estimate of drug-likeness (QED) is 0.640. The minimum absolute atomic E-state index is 0.187. The number of rotatable bonds is 1. The fourth-order valence-electron chi connectivity index (χ4n) is 1.30. The van der Waals surface area contributed by atoms with Crippen LogP contribution in [0.15, 0.2) is 0 Å². The summed E-state index contributed by atoms with van der Waals surface area (Å²) < 4.78 is 5.21. The predicted molar refractivity (Wildman–Crippen MR) is 47.5 cm³/mol. The molecule has 0 aliphatic carbocycles. The van der Waals surface area contributed by atoms with Crippen LogP contribution in [0, 0.1) is 0 Å². The topological polar surface area (TPSA) is 87.0 Å². The van der Waals surface area contributed by atoms with Crippen molar-refractivity contribution in [2.75, 3.05) is 5.73 Å². The Morgan fingerprint density at radius 1 is 1.38 bits per heavy atom. The molecule has 13 heavy (non-hydrogen) atoms. The fraction of sp³-hybridized carbons (Fsp3) is 0.500. The molecule has 0 bridgehead atoms. The Kier molecular flexibility index (Phi) is 1.90. The normalized spacial score (nSPS) is 17.1. The molecule has 0 saturated heterocycles. The number of ether oxygens (including phenoxy) is 1. The maximum Gasteiger partial charge on any atom is 0.147 e. The third-order valence-corrected chi connectivity index (χ3v) is 2.03. The van der Waals surface area contributed by atoms with Gasteiger partial charge in [-0.15, -0.1) is 0 Å². The number of nitrogens with zero attached hydrogens (tertiary/aromatic N) is 2. The molecule has 4 N–H and O–H groups in total. The number of hydrogen-bond acceptors (Lipinski definition) is 5. The highest BCUT2D eigenvalue weighted by Crippen LogP contribution is 2.23. The SMILES string of the molecule is CC(N)c1nc(N)c2c(n1)COC2. The Bertz CT molecular complexity index is 337. The zero-order valence-corrected chi connectivity index (χ0v) is 7.45. The van der Waals surface area contributed by atoms with E-state index in [0.717, 1.165) is 11.3 Å². The van der Waals surface area contributed by atoms with E-state index in [9.17, 15) is 0 Å². The third kappa shape index (κ3) is 1.36. The highest BCUT2D eigenvalue weighted by atomic mass is 16.5. The standard InChI is InChI=1S/C8H12N4O/c1-4(9)8-11-6-3-13-2-5(6)7(10)12-8/h4H,2-3,9H2,1H3,(H2,10,11,12). The van der Waals surface area contributed by atoms with E-state index < -0.39 is 0 Å². The van der Waals surface area contributed by atoms with Crippen LogP contribution < -0.4 is 11.5 Å². The molecule has 1 aliphatic heterocycles. The minimum Gasteiger partial charge on any atom is -0.383 e. The Balaban J connectivity index is 2.49. The first-order valence-electron chi connectivity index (χ1n) is 4.17. The van der Waals surface area contributed by atoms with Gasteiger partial charge in [0, 0.05) is 5.56 Å². The van der Waals surface area contributed by atoms with E-state index in [1.54, 1.807) is 0 Å². The molecule has 0 fully saturated rings. The minimum atomic E-state index is -0.187. The number of fused-ring (bicyclic) bond motifs is 1. The Morgan fingerprint density at radius 3 is 2.85 bits per heavy atom. The molecule has 1 aromatic rings. The van der Waals surface area contributed by atoms with Crippen molar-refractivity contribution in [2.24, 2.45) is 5.73 Å². The van der Waals surface area contributed by atoms with Crippen LogP contribution in [0.4, 0.5) is 5.82 Å². The van der Waals surface area contributed by atoms with Crippen molar-refractivity contribution >= 4 is 5.82 Å². The van der Waals surface area contributed by atoms with Crippen LogP contribution >= 0.6 is 0 Å². The molecule has 0 aromatic carbocycles. The number of anilines is 1. The van der Waals surface area contributed by atoms with Crippen molar-refractivity contribution in [1.29, 1.82) is 0 Å². The number of aromatic nitrogens is 2. The summed E-state index contributed by atoms with van der Waals surface area (Å²) in [6.07, 6.45) is 0. The van der Waals surface area contributed by atoms with Crippen LogP contribution in [0.1, 0.15) is 30.0 Å². The van der Waals surface area contributed by atoms with Crippen LogP contribution in [-0.4, -0.2) is 9.97 Å². The first-order valence-corrected chi connectivity index (χ1v) is 4.17. The highest BCUT2D eigenvalue weighted by molar-refractivity contribution is 5.43. The molecule has 0 radical (unpaired) electrons. The van der Waals surface area contributed by atoms with Gasteiger partial charge in [-0.1, -0.05) is 0 Å². The van der Waals surface area contributed by atoms with Gasteiger partial charge in [-0.25, -0.2) is 9.97 Å². The monoisotopic (exact) mass is 180 g/mol. The van der Waals surface area contributed by atoms with Crippen molar-refractivity contribution in [1.82, 2.24) is 9.97 Å². The summed E-state index contributed by atoms with van der Waals surface area (Å²) in [5, 5.41) is 0. The van der Waals surface area contributed by atoms with Crippen molar-refractivity contribution in [2.45, 2.75) is 26.2 Å². The number of nitrogen functional groups attached to an aromatic ring is 1. The second kappa shape index (κ2) is 2.93. The molecule has 1 atom stereocenters. The van der Waals surface area contributed by atoms with Crippen LogP contribution in [0.25, 0.3) is 0 Å². The van der Waals surface area contributed by atoms with Crippen LogP contribution in [0.5, 0.6) is 0 Å². The van der Waals surface area contributed by atoms with E-state index in [4.69, 9.17) is 16.2 Å². The fourth-order valence-corrected chi connectivity index (χ4v) is 1.30. The Hall–Kier alpha value is -1.20. The van der Waals surface area contributed by atoms with E-state index in [0.29, 0.717) is 24.9 Å². The Morgan fingerprint density at radius 2 is 2.15 bits per heavy atom. The van der Waals surface area contributed by atoms with Gasteiger partial charge in [0.1, 0.15) is 11.6 Å². The first kappa shape index (κ1) is 8.40. The molecule has 1 aliphatic rings. The molecule has 1 aromatic heterocycles. The first-order chi connectivity index (χ1) is 6.18. The van der Waals surface area contributed by atoms with E-state index in [2.05, 4.69) is 9.97 Å². The summed E-state index contributed by atoms with van der Waals surface area (Å²) >= 11 is 0. The molecule has 5 heteroatoms. The maximum absolute atomic E-state index is 5.72. The lowest BCUT2D eigenvalue weighted by molar-refractivity contribution is 0.133. The lowest BCUT2D eigenvalue weighted by Gasteiger charge is -2.07. The average molecular weight is 180 g/mol. The summed E-state index contributed by atoms with van der Waals surface area (Å²) in [6.45, 7) is 2.86. The van der Waals surface area contributed by atoms with Gasteiger partial charge in [0.25, 0.3) is 0 Å². The summed E-state index contributed by atoms with van der Waals surface area (Å²) in [5.74, 6) is 1.08. The molecule has 2 rings (SSSR count). The van der Waals surface area contributed by atoms with Crippen molar-refractivity contribution in [3.63, 3.8) is 0 Å². The lowest BCUT2D eigenvalue weighted by Crippen LogP contribution is -2.13. The van der Waals surface area contributed by atoms with Gasteiger partial charge >= 0.3 is 0 Å². The third-order valence-electron chi connectivity index (χ3n) is 2.03. The van der Waals surface area contributed by atoms with E-state index in [1.807, 2.05) is 6.92 Å². The van der Waals surface area contributed by atoms with Crippen molar-refractivity contribution in [3.8, 4) is 0 Å². The van der Waals surface area contributed by atoms with Gasteiger partial charge in [0.05, 0.1) is 24.9 Å². The van der Waals surface area contributed by atoms with E-state index in [-0.39, 0.29) is 6.04 Å². The maximum atomic E-state index is 5.72. The van der Waals surface area contributed by atoms with Gasteiger partial charge in [0.15, 0.2) is 0 Å². The Labute approximate surface area is 76.1 Å². The van der Waals surface area contributed by atoms with Gasteiger partial charge in [-0.05, 0) is 6.92 Å². The zero-order valence-electron chi connectivity index (χ0n) is 7.45. The highest BCUT2D eigenvalue weighted by Gasteiger charge is 2.19. The van der Waals surface area contributed by atoms with Gasteiger partial charge in [-0.2, -0.15) is 0 Å². The summed E-state index contributed by atoms with van der Waals surface area (Å²) in [4.78, 5) is 8.38. The molecule has 70 valence electrons. The summed E-state index contributed by atoms with van der Waals surface area (Å²) in [7, 11) is 0. The van der Waals surface area contributed by atoms with Gasteiger partial charge in [0.2, 0.25) is 0 Å². The van der Waals surface area contributed by atoms with E-state index >= 15 is 0 Å². The van der Waals surface area contributed by atoms with Crippen molar-refractivity contribution < 1.29 is 4.74 Å². The summed E-state index contributed by atoms with van der Waals surface area (Å²) in [6, 6.07) is -0.187. The molecular formula is C8H12N4O. The predicted octanol–water partition coefficient (Wildman–Crippen LogP) is 0.109. The molecule has 0 amide bonds. The zero-order chi connectivity index (χ0) is 9.42. The second-order valence-corrected chi connectivity index (χ2v) is 3.17. The van der Waals surface area contributed by atoms with Gasteiger partial charge in [-0.3, -0.25) is 0 Å². The molecule has 2 heterocycles. The smallest absolute Gasteiger partial charge is 0.147 e. The molecule has 0 saturated carbocycles. The molecule has 0 spiro atoms. The second-order valence-electron chi connectivity index (χ2n) is 3.17. The molecule has 5 nitrogen and oxygen atoms in total. The number of nitrogens with two attached hydrogens (primary N) is 2. The lowest BCUT2D eigenvalue weighted by atomic mass is 10.2. The van der Waals surface area contributed by atoms with Crippen LogP contribution in [0.3, 0.4) is 0 Å². The van der Waals surface area contributed by atoms with E-state index in [1.165, 1.54) is 0 Å². The largest absolute Gasteiger partial charge is 0.383 e. The van der Waals surface area contributed by atoms with Crippen molar-refractivity contribution in [3.05, 3.63) is 17.1 Å². The number of hydrogen-bond donors (Lipinski definition) is 2. The molecule has 1 unspecified atom stereocenters.